The largest absolute Gasteiger partial charge is 0.497 e. The third kappa shape index (κ3) is 4.91. The monoisotopic (exact) mass is 550 g/mol. The van der Waals surface area contributed by atoms with Crippen molar-refractivity contribution in [2.45, 2.75) is 32.0 Å². The standard InChI is InChI=1S/C28H25F3N6O3/c1-40-19-6-2-4-16(8-19)24(38)14-36-15-34-25-20(11-32)27(35-7-3-5-18(33)13-35)37(26(25)28(36)39)12-17-9-22(30)23(31)10-21(17)29/h2,4,6,8-10,15,18H,3,5,7,12-14,33H2,1H3/t18-/m0/s1. The van der Waals surface area contributed by atoms with Crippen LogP contribution in [-0.2, 0) is 13.1 Å². The molecule has 5 rings (SSSR count). The van der Waals surface area contributed by atoms with Gasteiger partial charge in [-0.1, -0.05) is 12.1 Å². The number of carbonyl (C=O) groups excluding carboxylic acids is 1. The summed E-state index contributed by atoms with van der Waals surface area (Å²) in [5.41, 5.74) is 5.65. The van der Waals surface area contributed by atoms with Crippen LogP contribution in [0.5, 0.6) is 5.75 Å². The molecule has 12 heteroatoms. The second-order valence-corrected chi connectivity index (χ2v) is 9.63. The number of methoxy groups -OCH3 is 1. The molecule has 0 aliphatic carbocycles. The highest BCUT2D eigenvalue weighted by Gasteiger charge is 2.29. The molecule has 2 aromatic heterocycles. The second-order valence-electron chi connectivity index (χ2n) is 9.63. The predicted molar refractivity (Wildman–Crippen MR) is 141 cm³/mol. The zero-order chi connectivity index (χ0) is 28.6. The maximum Gasteiger partial charge on any atom is 0.278 e. The molecule has 0 radical (unpaired) electrons. The van der Waals surface area contributed by atoms with E-state index in [4.69, 9.17) is 10.5 Å². The van der Waals surface area contributed by atoms with E-state index in [2.05, 4.69) is 11.1 Å². The Balaban J connectivity index is 1.68. The molecule has 3 heterocycles. The molecule has 1 aliphatic rings. The van der Waals surface area contributed by atoms with E-state index in [0.29, 0.717) is 36.9 Å². The topological polar surface area (TPSA) is 119 Å². The summed E-state index contributed by atoms with van der Waals surface area (Å²) >= 11 is 0. The van der Waals surface area contributed by atoms with Gasteiger partial charge in [0.2, 0.25) is 0 Å². The van der Waals surface area contributed by atoms with E-state index in [0.717, 1.165) is 17.1 Å². The van der Waals surface area contributed by atoms with Crippen molar-refractivity contribution in [3.05, 3.63) is 87.2 Å². The number of carbonyl (C=O) groups is 1. The molecular weight excluding hydrogens is 525 g/mol. The third-order valence-corrected chi connectivity index (χ3v) is 6.99. The van der Waals surface area contributed by atoms with Gasteiger partial charge in [-0.3, -0.25) is 14.2 Å². The van der Waals surface area contributed by atoms with Crippen molar-refractivity contribution in [1.29, 1.82) is 5.26 Å². The van der Waals surface area contributed by atoms with Crippen LogP contribution in [0.2, 0.25) is 0 Å². The van der Waals surface area contributed by atoms with E-state index in [9.17, 15) is 28.0 Å². The second kappa shape index (κ2) is 10.9. The number of aromatic nitrogens is 3. The van der Waals surface area contributed by atoms with Gasteiger partial charge in [-0.2, -0.15) is 5.26 Å². The Labute approximate surface area is 226 Å². The SMILES string of the molecule is COc1cccc(C(=O)Cn2cnc3c(C#N)c(N4CCC[C@H](N)C4)n(Cc4cc(F)c(F)cc4F)c3c2=O)c1. The highest BCUT2D eigenvalue weighted by molar-refractivity contribution is 5.96. The van der Waals surface area contributed by atoms with Gasteiger partial charge in [0.05, 0.1) is 26.5 Å². The molecule has 0 saturated carbocycles. The molecule has 2 N–H and O–H groups in total. The minimum Gasteiger partial charge on any atom is -0.497 e. The summed E-state index contributed by atoms with van der Waals surface area (Å²) in [6.45, 7) is 0.0910. The highest BCUT2D eigenvalue weighted by Crippen LogP contribution is 2.33. The Hall–Kier alpha value is -4.63. The van der Waals surface area contributed by atoms with E-state index >= 15 is 0 Å². The Morgan fingerprint density at radius 1 is 1.20 bits per heavy atom. The van der Waals surface area contributed by atoms with Gasteiger partial charge in [0.25, 0.3) is 5.56 Å². The van der Waals surface area contributed by atoms with Gasteiger partial charge < -0.3 is 19.9 Å². The Morgan fingerprint density at radius 3 is 2.70 bits per heavy atom. The maximum atomic E-state index is 14.8. The first-order valence-electron chi connectivity index (χ1n) is 12.5. The van der Waals surface area contributed by atoms with Crippen molar-refractivity contribution in [3.63, 3.8) is 0 Å². The first-order chi connectivity index (χ1) is 19.2. The summed E-state index contributed by atoms with van der Waals surface area (Å²) in [5.74, 6) is -3.27. The number of nitrogens with two attached hydrogens (primary N) is 1. The number of halogens is 3. The summed E-state index contributed by atoms with van der Waals surface area (Å²) in [5, 5.41) is 10.1. The molecule has 0 spiro atoms. The van der Waals surface area contributed by atoms with E-state index in [1.165, 1.54) is 18.0 Å². The number of Topliss-reactive ketones (excluding diaryl/α,β-unsaturated/α-hetero) is 1. The van der Waals surface area contributed by atoms with Crippen molar-refractivity contribution in [3.8, 4) is 11.8 Å². The minimum absolute atomic E-state index is 0.0507. The summed E-state index contributed by atoms with van der Waals surface area (Å²) in [7, 11) is 1.47. The molecule has 40 heavy (non-hydrogen) atoms. The number of benzene rings is 2. The van der Waals surface area contributed by atoms with Crippen LogP contribution in [0.3, 0.4) is 0 Å². The number of rotatable bonds is 7. The quantitative estimate of drug-likeness (QED) is 0.277. The smallest absolute Gasteiger partial charge is 0.278 e. The average Bonchev–Trinajstić information content (AvgIpc) is 3.26. The van der Waals surface area contributed by atoms with E-state index < -0.39 is 35.3 Å². The number of nitriles is 1. The molecule has 9 nitrogen and oxygen atoms in total. The average molecular weight is 551 g/mol. The highest BCUT2D eigenvalue weighted by atomic mass is 19.2. The van der Waals surface area contributed by atoms with Crippen LogP contribution in [0.4, 0.5) is 19.0 Å². The van der Waals surface area contributed by atoms with Gasteiger partial charge >= 0.3 is 0 Å². The van der Waals surface area contributed by atoms with Crippen molar-refractivity contribution in [2.24, 2.45) is 5.73 Å². The Kier molecular flexibility index (Phi) is 7.32. The number of fused-ring (bicyclic) bond motifs is 1. The Morgan fingerprint density at radius 2 is 1.98 bits per heavy atom. The molecule has 4 aromatic rings. The van der Waals surface area contributed by atoms with Gasteiger partial charge in [0, 0.05) is 36.3 Å². The van der Waals surface area contributed by atoms with Crippen molar-refractivity contribution >= 4 is 22.6 Å². The molecule has 0 unspecified atom stereocenters. The van der Waals surface area contributed by atoms with Crippen molar-refractivity contribution in [1.82, 2.24) is 14.1 Å². The van der Waals surface area contributed by atoms with Crippen LogP contribution in [0.15, 0.2) is 47.5 Å². The third-order valence-electron chi connectivity index (χ3n) is 6.99. The lowest BCUT2D eigenvalue weighted by Crippen LogP contribution is -2.44. The number of hydrogen-bond acceptors (Lipinski definition) is 7. The first-order valence-corrected chi connectivity index (χ1v) is 12.5. The molecule has 1 fully saturated rings. The Bertz CT molecular complexity index is 1730. The van der Waals surface area contributed by atoms with Crippen LogP contribution in [0.25, 0.3) is 11.0 Å². The van der Waals surface area contributed by atoms with Gasteiger partial charge in [-0.05, 0) is 31.0 Å². The molecule has 2 aromatic carbocycles. The first kappa shape index (κ1) is 27.0. The predicted octanol–water partition coefficient (Wildman–Crippen LogP) is 3.35. The molecular formula is C28H25F3N6O3. The summed E-state index contributed by atoms with van der Waals surface area (Å²) < 4.78 is 50.2. The zero-order valence-corrected chi connectivity index (χ0v) is 21.5. The lowest BCUT2D eigenvalue weighted by Gasteiger charge is -2.33. The number of ether oxygens (including phenoxy) is 1. The molecule has 0 bridgehead atoms. The summed E-state index contributed by atoms with van der Waals surface area (Å²) in [6.07, 6.45) is 2.64. The normalized spacial score (nSPS) is 15.3. The lowest BCUT2D eigenvalue weighted by atomic mass is 10.1. The zero-order valence-electron chi connectivity index (χ0n) is 21.5. The summed E-state index contributed by atoms with van der Waals surface area (Å²) in [6, 6.07) is 9.48. The molecule has 1 atom stereocenters. The number of nitrogens with zero attached hydrogens (tertiary/aromatic N) is 5. The van der Waals surface area contributed by atoms with Crippen LogP contribution in [0.1, 0.15) is 34.3 Å². The fourth-order valence-corrected chi connectivity index (χ4v) is 5.05. The summed E-state index contributed by atoms with van der Waals surface area (Å²) in [4.78, 5) is 33.0. The van der Waals surface area contributed by atoms with E-state index in [1.807, 2.05) is 4.90 Å². The van der Waals surface area contributed by atoms with Crippen molar-refractivity contribution in [2.75, 3.05) is 25.1 Å². The van der Waals surface area contributed by atoms with Gasteiger partial charge in [-0.15, -0.1) is 0 Å². The number of hydrogen-bond donors (Lipinski definition) is 1. The van der Waals surface area contributed by atoms with Crippen molar-refractivity contribution < 1.29 is 22.7 Å². The van der Waals surface area contributed by atoms with Crippen LogP contribution < -0.4 is 20.9 Å². The fourth-order valence-electron chi connectivity index (χ4n) is 5.05. The van der Waals surface area contributed by atoms with Crippen LogP contribution in [-0.4, -0.2) is 46.1 Å². The van der Waals surface area contributed by atoms with E-state index in [-0.39, 0.29) is 40.6 Å². The van der Waals surface area contributed by atoms with Crippen LogP contribution >= 0.6 is 0 Å². The van der Waals surface area contributed by atoms with Gasteiger partial charge in [0.1, 0.15) is 40.1 Å². The number of piperidine rings is 1. The van der Waals surface area contributed by atoms with Gasteiger partial charge in [-0.25, -0.2) is 18.2 Å². The number of ketones is 1. The lowest BCUT2D eigenvalue weighted by molar-refractivity contribution is 0.0970. The maximum absolute atomic E-state index is 14.8. The number of anilines is 1. The molecule has 1 aliphatic heterocycles. The van der Waals surface area contributed by atoms with Crippen LogP contribution in [0, 0.1) is 28.8 Å². The molecule has 0 amide bonds. The van der Waals surface area contributed by atoms with E-state index in [1.54, 1.807) is 24.3 Å². The minimum atomic E-state index is -1.35. The molecule has 1 saturated heterocycles. The molecule has 206 valence electrons. The van der Waals surface area contributed by atoms with Gasteiger partial charge in [0.15, 0.2) is 17.4 Å². The fraction of sp³-hybridized carbons (Fsp3) is 0.286.